The van der Waals surface area contributed by atoms with Gasteiger partial charge in [-0.1, -0.05) is 0 Å². The Hall–Kier alpha value is -0.810. The molecular weight excluding hydrogens is 134 g/mol. The maximum absolute atomic E-state index is 8.65. The molecule has 5 heteroatoms. The van der Waals surface area contributed by atoms with Gasteiger partial charge in [0, 0.05) is 6.54 Å². The van der Waals surface area contributed by atoms with Crippen molar-refractivity contribution in [3.63, 3.8) is 0 Å². The summed E-state index contributed by atoms with van der Waals surface area (Å²) in [6, 6.07) is -0.363. The maximum Gasteiger partial charge on any atom is 0.188 e. The van der Waals surface area contributed by atoms with E-state index in [9.17, 15) is 0 Å². The molecule has 10 heavy (non-hydrogen) atoms. The normalized spacial score (nSPS) is 24.7. The highest BCUT2D eigenvalue weighted by Gasteiger charge is 2.33. The molecule has 0 spiro atoms. The van der Waals surface area contributed by atoms with Crippen LogP contribution in [0, 0.1) is 5.41 Å². The van der Waals surface area contributed by atoms with Gasteiger partial charge in [-0.15, -0.1) is 0 Å². The van der Waals surface area contributed by atoms with E-state index in [-0.39, 0.29) is 12.0 Å². The quantitative estimate of drug-likeness (QED) is 0.200. The number of hydrogen-bond donors (Lipinski definition) is 4. The van der Waals surface area contributed by atoms with Gasteiger partial charge in [0.05, 0.1) is 6.04 Å². The first-order valence-electron chi connectivity index (χ1n) is 3.09. The minimum absolute atomic E-state index is 0.0932. The Balaban J connectivity index is 2.43. The van der Waals surface area contributed by atoms with Crippen LogP contribution in [0.5, 0.6) is 0 Å². The SMILES string of the molecule is N=C(N)N1CCC1C(O)O. The number of nitrogens with one attached hydrogen (secondary N) is 1. The number of rotatable bonds is 1. The molecule has 5 nitrogen and oxygen atoms in total. The molecule has 1 atom stereocenters. The zero-order chi connectivity index (χ0) is 7.72. The van der Waals surface area contributed by atoms with E-state index in [1.165, 1.54) is 4.90 Å². The monoisotopic (exact) mass is 145 g/mol. The van der Waals surface area contributed by atoms with Gasteiger partial charge in [-0.2, -0.15) is 0 Å². The molecule has 5 N–H and O–H groups in total. The summed E-state index contributed by atoms with van der Waals surface area (Å²) in [7, 11) is 0. The molecule has 0 radical (unpaired) electrons. The van der Waals surface area contributed by atoms with Crippen LogP contribution in [-0.4, -0.2) is 39.9 Å². The third-order valence-corrected chi connectivity index (χ3v) is 1.72. The van der Waals surface area contributed by atoms with Crippen molar-refractivity contribution in [3.8, 4) is 0 Å². The number of hydrogen-bond acceptors (Lipinski definition) is 3. The van der Waals surface area contributed by atoms with E-state index in [0.29, 0.717) is 13.0 Å². The Morgan fingerprint density at radius 1 is 1.70 bits per heavy atom. The second-order valence-corrected chi connectivity index (χ2v) is 2.35. The van der Waals surface area contributed by atoms with Gasteiger partial charge >= 0.3 is 0 Å². The molecular formula is C5H11N3O2. The summed E-state index contributed by atoms with van der Waals surface area (Å²) in [5, 5.41) is 24.3. The lowest BCUT2D eigenvalue weighted by Gasteiger charge is -2.41. The summed E-state index contributed by atoms with van der Waals surface area (Å²) < 4.78 is 0. The van der Waals surface area contributed by atoms with Crippen LogP contribution in [-0.2, 0) is 0 Å². The van der Waals surface area contributed by atoms with Crippen molar-refractivity contribution in [1.82, 2.24) is 4.90 Å². The molecule has 0 amide bonds. The van der Waals surface area contributed by atoms with Crippen molar-refractivity contribution in [1.29, 1.82) is 5.41 Å². The number of likely N-dealkylation sites (tertiary alicyclic amines) is 1. The summed E-state index contributed by atoms with van der Waals surface area (Å²) in [5.74, 6) is -0.0932. The highest BCUT2D eigenvalue weighted by atomic mass is 16.5. The molecule has 1 saturated heterocycles. The molecule has 0 aliphatic carbocycles. The average molecular weight is 145 g/mol. The summed E-state index contributed by atoms with van der Waals surface area (Å²) in [6.07, 6.45) is -0.685. The smallest absolute Gasteiger partial charge is 0.188 e. The van der Waals surface area contributed by atoms with Crippen LogP contribution in [0.4, 0.5) is 0 Å². The first-order chi connectivity index (χ1) is 4.63. The minimum atomic E-state index is -1.38. The Kier molecular flexibility index (Phi) is 1.78. The molecule has 0 aromatic carbocycles. The fraction of sp³-hybridized carbons (Fsp3) is 0.800. The summed E-state index contributed by atoms with van der Waals surface area (Å²) in [4.78, 5) is 1.45. The summed E-state index contributed by atoms with van der Waals surface area (Å²) in [5.41, 5.74) is 5.11. The number of guanidine groups is 1. The van der Waals surface area contributed by atoms with Crippen molar-refractivity contribution < 1.29 is 10.2 Å². The zero-order valence-electron chi connectivity index (χ0n) is 5.49. The van der Waals surface area contributed by atoms with Crippen molar-refractivity contribution in [3.05, 3.63) is 0 Å². The fourth-order valence-electron chi connectivity index (χ4n) is 1.02. The van der Waals surface area contributed by atoms with Gasteiger partial charge in [0.2, 0.25) is 0 Å². The van der Waals surface area contributed by atoms with Crippen LogP contribution in [0.25, 0.3) is 0 Å². The van der Waals surface area contributed by atoms with Gasteiger partial charge in [-0.3, -0.25) is 5.41 Å². The first kappa shape index (κ1) is 7.30. The van der Waals surface area contributed by atoms with E-state index in [0.717, 1.165) is 0 Å². The third kappa shape index (κ3) is 1.05. The van der Waals surface area contributed by atoms with Crippen molar-refractivity contribution in [2.75, 3.05) is 6.54 Å². The van der Waals surface area contributed by atoms with E-state index < -0.39 is 6.29 Å². The standard InChI is InChI=1S/C5H11N3O2/c6-5(7)8-2-1-3(8)4(9)10/h3-4,9-10H,1-2H2,(H3,6,7). The van der Waals surface area contributed by atoms with Gasteiger partial charge in [0.1, 0.15) is 0 Å². The van der Waals surface area contributed by atoms with E-state index in [4.69, 9.17) is 21.4 Å². The molecule has 0 aromatic rings. The van der Waals surface area contributed by atoms with Crippen LogP contribution < -0.4 is 5.73 Å². The topological polar surface area (TPSA) is 93.6 Å². The third-order valence-electron chi connectivity index (χ3n) is 1.72. The van der Waals surface area contributed by atoms with Crippen molar-refractivity contribution >= 4 is 5.96 Å². The molecule has 1 rings (SSSR count). The summed E-state index contributed by atoms with van der Waals surface area (Å²) in [6.45, 7) is 0.650. The van der Waals surface area contributed by atoms with Gasteiger partial charge in [-0.25, -0.2) is 0 Å². The maximum atomic E-state index is 8.65. The highest BCUT2D eigenvalue weighted by Crippen LogP contribution is 2.18. The van der Waals surface area contributed by atoms with Crippen molar-refractivity contribution in [2.24, 2.45) is 5.73 Å². The molecule has 1 aliphatic rings. The highest BCUT2D eigenvalue weighted by molar-refractivity contribution is 5.75. The second kappa shape index (κ2) is 2.43. The lowest BCUT2D eigenvalue weighted by molar-refractivity contribution is -0.113. The first-order valence-corrected chi connectivity index (χ1v) is 3.09. The van der Waals surface area contributed by atoms with Gasteiger partial charge < -0.3 is 20.8 Å². The van der Waals surface area contributed by atoms with E-state index >= 15 is 0 Å². The Morgan fingerprint density at radius 2 is 2.30 bits per heavy atom. The van der Waals surface area contributed by atoms with Crippen LogP contribution in [0.2, 0.25) is 0 Å². The number of aliphatic hydroxyl groups excluding tert-OH is 1. The molecule has 1 unspecified atom stereocenters. The van der Waals surface area contributed by atoms with Gasteiger partial charge in [-0.05, 0) is 6.42 Å². The molecule has 0 bridgehead atoms. The Labute approximate surface area is 58.6 Å². The van der Waals surface area contributed by atoms with Crippen molar-refractivity contribution in [2.45, 2.75) is 18.8 Å². The molecule has 0 saturated carbocycles. The van der Waals surface area contributed by atoms with Crippen LogP contribution in [0.15, 0.2) is 0 Å². The second-order valence-electron chi connectivity index (χ2n) is 2.35. The molecule has 1 fully saturated rings. The average Bonchev–Trinajstić information content (AvgIpc) is 1.56. The number of aliphatic hydroxyl groups is 2. The lowest BCUT2D eigenvalue weighted by atomic mass is 10.0. The molecule has 0 aromatic heterocycles. The predicted octanol–water partition coefficient (Wildman–Crippen LogP) is -1.74. The van der Waals surface area contributed by atoms with Gasteiger partial charge in [0.25, 0.3) is 0 Å². The largest absolute Gasteiger partial charge is 0.370 e. The molecule has 1 aliphatic heterocycles. The minimum Gasteiger partial charge on any atom is -0.370 e. The fourth-order valence-corrected chi connectivity index (χ4v) is 1.02. The van der Waals surface area contributed by atoms with E-state index in [1.54, 1.807) is 0 Å². The van der Waals surface area contributed by atoms with Crippen LogP contribution in [0.1, 0.15) is 6.42 Å². The van der Waals surface area contributed by atoms with E-state index in [2.05, 4.69) is 0 Å². The van der Waals surface area contributed by atoms with E-state index in [1.807, 2.05) is 0 Å². The predicted molar refractivity (Wildman–Crippen MR) is 35.3 cm³/mol. The Bertz CT molecular complexity index is 148. The number of nitrogens with two attached hydrogens (primary N) is 1. The molecule has 58 valence electrons. The van der Waals surface area contributed by atoms with Crippen LogP contribution in [0.3, 0.4) is 0 Å². The van der Waals surface area contributed by atoms with Gasteiger partial charge in [0.15, 0.2) is 12.2 Å². The lowest BCUT2D eigenvalue weighted by Crippen LogP contribution is -2.58. The Morgan fingerprint density at radius 3 is 2.40 bits per heavy atom. The zero-order valence-corrected chi connectivity index (χ0v) is 5.49. The summed E-state index contributed by atoms with van der Waals surface area (Å²) >= 11 is 0. The number of nitrogens with zero attached hydrogens (tertiary/aromatic N) is 1. The molecule has 1 heterocycles. The van der Waals surface area contributed by atoms with Crippen LogP contribution >= 0.6 is 0 Å².